The first-order chi connectivity index (χ1) is 10.8. The average molecular weight is 328 g/mol. The van der Waals surface area contributed by atoms with Crippen molar-refractivity contribution >= 4 is 11.8 Å². The van der Waals surface area contributed by atoms with Crippen molar-refractivity contribution < 1.29 is 22.8 Å². The van der Waals surface area contributed by atoms with Gasteiger partial charge >= 0.3 is 6.18 Å². The van der Waals surface area contributed by atoms with Gasteiger partial charge in [0.05, 0.1) is 12.0 Å². The molecule has 7 heteroatoms. The molecule has 1 aromatic carbocycles. The standard InChI is InChI=1S/C16H19F3N2O2/c17-16(18,19)12-6-4-11(5-7-12)9-15(23)21-8-2-1-3-13(21)10-14(20)22/h4-7,13H,1-3,8-10H2,(H2,20,22)/t13-/m0/s1. The van der Waals surface area contributed by atoms with Crippen molar-refractivity contribution in [2.45, 2.75) is 44.3 Å². The van der Waals surface area contributed by atoms with Gasteiger partial charge in [-0.25, -0.2) is 0 Å². The summed E-state index contributed by atoms with van der Waals surface area (Å²) < 4.78 is 37.6. The highest BCUT2D eigenvalue weighted by molar-refractivity contribution is 5.81. The number of hydrogen-bond acceptors (Lipinski definition) is 2. The summed E-state index contributed by atoms with van der Waals surface area (Å²) in [7, 11) is 0. The fraction of sp³-hybridized carbons (Fsp3) is 0.500. The first-order valence-electron chi connectivity index (χ1n) is 7.51. The van der Waals surface area contributed by atoms with Crippen LogP contribution < -0.4 is 5.73 Å². The number of rotatable bonds is 4. The number of hydrogen-bond donors (Lipinski definition) is 1. The number of primary amides is 1. The van der Waals surface area contributed by atoms with Gasteiger partial charge in [0.1, 0.15) is 0 Å². The number of alkyl halides is 3. The minimum Gasteiger partial charge on any atom is -0.370 e. The molecule has 0 bridgehead atoms. The Morgan fingerprint density at radius 2 is 1.83 bits per heavy atom. The second kappa shape index (κ2) is 7.02. The van der Waals surface area contributed by atoms with Crippen molar-refractivity contribution in [3.8, 4) is 0 Å². The maximum Gasteiger partial charge on any atom is 0.416 e. The highest BCUT2D eigenvalue weighted by atomic mass is 19.4. The molecule has 23 heavy (non-hydrogen) atoms. The number of nitrogens with zero attached hydrogens (tertiary/aromatic N) is 1. The van der Waals surface area contributed by atoms with Crippen LogP contribution in [-0.2, 0) is 22.2 Å². The first kappa shape index (κ1) is 17.3. The Morgan fingerprint density at radius 3 is 2.39 bits per heavy atom. The fourth-order valence-electron chi connectivity index (χ4n) is 2.86. The molecule has 0 aromatic heterocycles. The number of carbonyl (C=O) groups excluding carboxylic acids is 2. The molecule has 2 rings (SSSR count). The Bertz CT molecular complexity index is 570. The van der Waals surface area contributed by atoms with E-state index in [-0.39, 0.29) is 24.8 Å². The van der Waals surface area contributed by atoms with Gasteiger partial charge in [0.2, 0.25) is 11.8 Å². The lowest BCUT2D eigenvalue weighted by Crippen LogP contribution is -2.46. The third-order valence-corrected chi connectivity index (χ3v) is 4.02. The Morgan fingerprint density at radius 1 is 1.17 bits per heavy atom. The lowest BCUT2D eigenvalue weighted by Gasteiger charge is -2.35. The highest BCUT2D eigenvalue weighted by Crippen LogP contribution is 2.29. The van der Waals surface area contributed by atoms with Gasteiger partial charge in [-0.15, -0.1) is 0 Å². The van der Waals surface area contributed by atoms with Gasteiger partial charge in [0.25, 0.3) is 0 Å². The van der Waals surface area contributed by atoms with Crippen LogP contribution in [0.15, 0.2) is 24.3 Å². The topological polar surface area (TPSA) is 63.4 Å². The molecule has 4 nitrogen and oxygen atoms in total. The molecule has 0 spiro atoms. The molecule has 0 radical (unpaired) electrons. The minimum absolute atomic E-state index is 0.0212. The number of nitrogens with two attached hydrogens (primary N) is 1. The van der Waals surface area contributed by atoms with E-state index in [9.17, 15) is 22.8 Å². The summed E-state index contributed by atoms with van der Waals surface area (Å²) >= 11 is 0. The molecular weight excluding hydrogens is 309 g/mol. The molecule has 1 heterocycles. The lowest BCUT2D eigenvalue weighted by molar-refractivity contribution is -0.137. The third-order valence-electron chi connectivity index (χ3n) is 4.02. The maximum atomic E-state index is 12.5. The third kappa shape index (κ3) is 4.71. The number of carbonyl (C=O) groups is 2. The van der Waals surface area contributed by atoms with Crippen LogP contribution in [-0.4, -0.2) is 29.3 Å². The van der Waals surface area contributed by atoms with Gasteiger partial charge in [0.15, 0.2) is 0 Å². The maximum absolute atomic E-state index is 12.5. The number of amides is 2. The van der Waals surface area contributed by atoms with E-state index >= 15 is 0 Å². The summed E-state index contributed by atoms with van der Waals surface area (Å²) in [6.07, 6.45) is -1.73. The van der Waals surface area contributed by atoms with Crippen molar-refractivity contribution in [2.24, 2.45) is 5.73 Å². The second-order valence-corrected chi connectivity index (χ2v) is 5.78. The van der Waals surface area contributed by atoms with Gasteiger partial charge in [-0.05, 0) is 37.0 Å². The molecule has 1 aliphatic rings. The van der Waals surface area contributed by atoms with E-state index in [1.807, 2.05) is 0 Å². The molecule has 126 valence electrons. The van der Waals surface area contributed by atoms with Crippen LogP contribution in [0.3, 0.4) is 0 Å². The molecule has 1 fully saturated rings. The molecule has 0 unspecified atom stereocenters. The van der Waals surface area contributed by atoms with Crippen molar-refractivity contribution in [1.82, 2.24) is 4.90 Å². The number of piperidine rings is 1. The predicted octanol–water partition coefficient (Wildman–Crippen LogP) is 2.50. The van der Waals surface area contributed by atoms with Gasteiger partial charge < -0.3 is 10.6 Å². The zero-order chi connectivity index (χ0) is 17.0. The van der Waals surface area contributed by atoms with Crippen LogP contribution in [0.4, 0.5) is 13.2 Å². The number of halogens is 3. The Balaban J connectivity index is 2.03. The van der Waals surface area contributed by atoms with Crippen LogP contribution >= 0.6 is 0 Å². The molecule has 2 N–H and O–H groups in total. The van der Waals surface area contributed by atoms with E-state index in [0.29, 0.717) is 12.1 Å². The Hall–Kier alpha value is -2.05. The van der Waals surface area contributed by atoms with Crippen molar-refractivity contribution in [3.05, 3.63) is 35.4 Å². The molecule has 1 aromatic rings. The lowest BCUT2D eigenvalue weighted by atomic mass is 9.98. The average Bonchev–Trinajstić information content (AvgIpc) is 2.46. The summed E-state index contributed by atoms with van der Waals surface area (Å²) in [4.78, 5) is 25.1. The SMILES string of the molecule is NC(=O)C[C@@H]1CCCCN1C(=O)Cc1ccc(C(F)(F)F)cc1. The second-order valence-electron chi connectivity index (χ2n) is 5.78. The Labute approximate surface area is 132 Å². The van der Waals surface area contributed by atoms with Crippen LogP contribution in [0.5, 0.6) is 0 Å². The first-order valence-corrected chi connectivity index (χ1v) is 7.51. The zero-order valence-corrected chi connectivity index (χ0v) is 12.6. The quantitative estimate of drug-likeness (QED) is 0.923. The predicted molar refractivity (Wildman–Crippen MR) is 78.3 cm³/mol. The van der Waals surface area contributed by atoms with E-state index < -0.39 is 17.6 Å². The van der Waals surface area contributed by atoms with E-state index in [2.05, 4.69) is 0 Å². The minimum atomic E-state index is -4.39. The number of likely N-dealkylation sites (tertiary alicyclic amines) is 1. The van der Waals surface area contributed by atoms with Gasteiger partial charge in [-0.2, -0.15) is 13.2 Å². The molecule has 0 saturated carbocycles. The largest absolute Gasteiger partial charge is 0.416 e. The van der Waals surface area contributed by atoms with Crippen molar-refractivity contribution in [1.29, 1.82) is 0 Å². The smallest absolute Gasteiger partial charge is 0.370 e. The van der Waals surface area contributed by atoms with Crippen LogP contribution in [0.2, 0.25) is 0 Å². The van der Waals surface area contributed by atoms with Gasteiger partial charge in [0, 0.05) is 19.0 Å². The van der Waals surface area contributed by atoms with Crippen LogP contribution in [0.1, 0.15) is 36.8 Å². The molecule has 1 atom stereocenters. The summed E-state index contributed by atoms with van der Waals surface area (Å²) in [5.41, 5.74) is 4.99. The Kier molecular flexibility index (Phi) is 5.28. The fourth-order valence-corrected chi connectivity index (χ4v) is 2.86. The molecule has 1 aliphatic heterocycles. The normalized spacial score (nSPS) is 18.7. The molecule has 0 aliphatic carbocycles. The van der Waals surface area contributed by atoms with E-state index in [1.165, 1.54) is 12.1 Å². The highest BCUT2D eigenvalue weighted by Gasteiger charge is 2.31. The summed E-state index contributed by atoms with van der Waals surface area (Å²) in [6, 6.07) is 4.37. The monoisotopic (exact) mass is 328 g/mol. The summed E-state index contributed by atoms with van der Waals surface area (Å²) in [6.45, 7) is 0.553. The van der Waals surface area contributed by atoms with E-state index in [1.54, 1.807) is 4.90 Å². The van der Waals surface area contributed by atoms with Crippen LogP contribution in [0, 0.1) is 0 Å². The molecule has 2 amide bonds. The van der Waals surface area contributed by atoms with Gasteiger partial charge in [-0.3, -0.25) is 9.59 Å². The summed E-state index contributed by atoms with van der Waals surface area (Å²) in [5, 5.41) is 0. The van der Waals surface area contributed by atoms with E-state index in [4.69, 9.17) is 5.73 Å². The van der Waals surface area contributed by atoms with Gasteiger partial charge in [-0.1, -0.05) is 12.1 Å². The van der Waals surface area contributed by atoms with Crippen LogP contribution in [0.25, 0.3) is 0 Å². The zero-order valence-electron chi connectivity index (χ0n) is 12.6. The van der Waals surface area contributed by atoms with Crippen molar-refractivity contribution in [2.75, 3.05) is 6.54 Å². The van der Waals surface area contributed by atoms with E-state index in [0.717, 1.165) is 31.4 Å². The summed E-state index contributed by atoms with van der Waals surface area (Å²) in [5.74, 6) is -0.639. The number of benzene rings is 1. The van der Waals surface area contributed by atoms with Crippen molar-refractivity contribution in [3.63, 3.8) is 0 Å². The molecular formula is C16H19F3N2O2. The molecule has 1 saturated heterocycles.